The lowest BCUT2D eigenvalue weighted by Gasteiger charge is -2.34. The normalized spacial score (nSPS) is 21.2. The highest BCUT2D eigenvalue weighted by Crippen LogP contribution is 2.21. The third-order valence-electron chi connectivity index (χ3n) is 3.95. The van der Waals surface area contributed by atoms with Gasteiger partial charge in [-0.3, -0.25) is 9.69 Å². The van der Waals surface area contributed by atoms with Crippen molar-refractivity contribution in [1.82, 2.24) is 9.88 Å². The van der Waals surface area contributed by atoms with Gasteiger partial charge in [0, 0.05) is 30.6 Å². The highest BCUT2D eigenvalue weighted by atomic mass is 32.1. The van der Waals surface area contributed by atoms with Crippen LogP contribution in [0.25, 0.3) is 0 Å². The van der Waals surface area contributed by atoms with E-state index in [1.54, 1.807) is 18.3 Å². The first-order chi connectivity index (χ1) is 12.0. The van der Waals surface area contributed by atoms with Gasteiger partial charge in [0.25, 0.3) is 0 Å². The number of ether oxygens (including phenoxy) is 1. The van der Waals surface area contributed by atoms with Crippen LogP contribution in [0, 0.1) is 5.82 Å². The summed E-state index contributed by atoms with van der Waals surface area (Å²) in [6.45, 7) is 5.88. The maximum atomic E-state index is 12.9. The molecule has 0 saturated carbocycles. The second-order valence-electron chi connectivity index (χ2n) is 6.43. The fourth-order valence-corrected chi connectivity index (χ4v) is 3.89. The molecular formula is C18H22FN3O2S. The molecule has 1 N–H and O–H groups in total. The molecule has 1 aliphatic rings. The molecule has 1 aromatic carbocycles. The molecule has 0 radical (unpaired) electrons. The summed E-state index contributed by atoms with van der Waals surface area (Å²) in [6, 6.07) is 6.41. The first kappa shape index (κ1) is 18.0. The van der Waals surface area contributed by atoms with Crippen molar-refractivity contribution in [3.63, 3.8) is 0 Å². The van der Waals surface area contributed by atoms with Gasteiger partial charge in [0.1, 0.15) is 5.82 Å². The molecule has 2 heterocycles. The smallest absolute Gasteiger partial charge is 0.240 e. The topological polar surface area (TPSA) is 54.5 Å². The van der Waals surface area contributed by atoms with Gasteiger partial charge in [-0.05, 0) is 31.5 Å². The lowest BCUT2D eigenvalue weighted by molar-refractivity contribution is -0.121. The molecule has 0 spiro atoms. The Morgan fingerprint density at radius 1 is 1.32 bits per heavy atom. The van der Waals surface area contributed by atoms with E-state index in [4.69, 9.17) is 4.74 Å². The Labute approximate surface area is 150 Å². The number of carbonyl (C=O) groups excluding carboxylic acids is 1. The number of anilines is 1. The van der Waals surface area contributed by atoms with Gasteiger partial charge in [0.15, 0.2) is 5.13 Å². The van der Waals surface area contributed by atoms with Gasteiger partial charge in [-0.25, -0.2) is 9.37 Å². The van der Waals surface area contributed by atoms with E-state index in [9.17, 15) is 9.18 Å². The number of nitrogens with zero attached hydrogens (tertiary/aromatic N) is 2. The van der Waals surface area contributed by atoms with Crippen molar-refractivity contribution < 1.29 is 13.9 Å². The average molecular weight is 363 g/mol. The van der Waals surface area contributed by atoms with E-state index in [2.05, 4.69) is 15.2 Å². The van der Waals surface area contributed by atoms with E-state index in [-0.39, 0.29) is 23.9 Å². The minimum Gasteiger partial charge on any atom is -0.373 e. The molecule has 2 unspecified atom stereocenters. The second-order valence-corrected chi connectivity index (χ2v) is 7.55. The maximum Gasteiger partial charge on any atom is 0.240 e. The Hall–Kier alpha value is -1.83. The summed E-state index contributed by atoms with van der Waals surface area (Å²) in [5, 5.41) is 3.45. The van der Waals surface area contributed by atoms with Crippen LogP contribution in [0.15, 0.2) is 30.5 Å². The molecule has 2 atom stereocenters. The van der Waals surface area contributed by atoms with E-state index in [0.29, 0.717) is 18.1 Å². The summed E-state index contributed by atoms with van der Waals surface area (Å²) in [5.74, 6) is -0.309. The molecule has 7 heteroatoms. The summed E-state index contributed by atoms with van der Waals surface area (Å²) < 4.78 is 18.6. The third kappa shape index (κ3) is 5.32. The molecule has 0 bridgehead atoms. The quantitative estimate of drug-likeness (QED) is 0.887. The van der Waals surface area contributed by atoms with Gasteiger partial charge < -0.3 is 10.1 Å². The van der Waals surface area contributed by atoms with Crippen LogP contribution in [-0.2, 0) is 16.0 Å². The SMILES string of the molecule is CC1CN(CC(=O)Nc2ncc(Cc3ccc(F)cc3)s2)CC(C)O1. The van der Waals surface area contributed by atoms with Crippen LogP contribution in [0.5, 0.6) is 0 Å². The van der Waals surface area contributed by atoms with Crippen LogP contribution in [-0.4, -0.2) is 47.6 Å². The fraction of sp³-hybridized carbons (Fsp3) is 0.444. The van der Waals surface area contributed by atoms with Crippen LogP contribution in [0.3, 0.4) is 0 Å². The Balaban J connectivity index is 1.52. The van der Waals surface area contributed by atoms with E-state index in [1.807, 2.05) is 13.8 Å². The molecule has 5 nitrogen and oxygen atoms in total. The molecule has 1 saturated heterocycles. The lowest BCUT2D eigenvalue weighted by Crippen LogP contribution is -2.48. The molecule has 2 aromatic rings. The number of hydrogen-bond donors (Lipinski definition) is 1. The first-order valence-corrected chi connectivity index (χ1v) is 9.16. The predicted molar refractivity (Wildman–Crippen MR) is 96.4 cm³/mol. The number of aromatic nitrogens is 1. The predicted octanol–water partition coefficient (Wildman–Crippen LogP) is 2.92. The molecule has 1 fully saturated rings. The van der Waals surface area contributed by atoms with Crippen molar-refractivity contribution in [3.05, 3.63) is 46.7 Å². The van der Waals surface area contributed by atoms with E-state index >= 15 is 0 Å². The van der Waals surface area contributed by atoms with Crippen molar-refractivity contribution in [2.24, 2.45) is 0 Å². The van der Waals surface area contributed by atoms with Crippen molar-refractivity contribution >= 4 is 22.4 Å². The standard InChI is InChI=1S/C18H22FN3O2S/c1-12-9-22(10-13(2)24-12)11-17(23)21-18-20-8-16(25-18)7-14-3-5-15(19)6-4-14/h3-6,8,12-13H,7,9-11H2,1-2H3,(H,20,21,23). The van der Waals surface area contributed by atoms with Crippen LogP contribution in [0.2, 0.25) is 0 Å². The van der Waals surface area contributed by atoms with Crippen molar-refractivity contribution in [1.29, 1.82) is 0 Å². The van der Waals surface area contributed by atoms with Gasteiger partial charge in [0.2, 0.25) is 5.91 Å². The summed E-state index contributed by atoms with van der Waals surface area (Å²) in [6.07, 6.45) is 2.70. The third-order valence-corrected chi connectivity index (χ3v) is 4.87. The largest absolute Gasteiger partial charge is 0.373 e. The zero-order valence-electron chi connectivity index (χ0n) is 14.4. The van der Waals surface area contributed by atoms with Gasteiger partial charge in [-0.2, -0.15) is 0 Å². The average Bonchev–Trinajstić information content (AvgIpc) is 2.95. The van der Waals surface area contributed by atoms with Gasteiger partial charge >= 0.3 is 0 Å². The van der Waals surface area contributed by atoms with Crippen LogP contribution >= 0.6 is 11.3 Å². The zero-order chi connectivity index (χ0) is 17.8. The molecule has 0 aliphatic carbocycles. The second kappa shape index (κ2) is 8.03. The van der Waals surface area contributed by atoms with Crippen molar-refractivity contribution in [2.75, 3.05) is 25.0 Å². The van der Waals surface area contributed by atoms with Crippen LogP contribution in [0.1, 0.15) is 24.3 Å². The Kier molecular flexibility index (Phi) is 5.78. The zero-order valence-corrected chi connectivity index (χ0v) is 15.2. The van der Waals surface area contributed by atoms with E-state index < -0.39 is 0 Å². The summed E-state index contributed by atoms with van der Waals surface area (Å²) >= 11 is 1.44. The minimum atomic E-state index is -0.243. The lowest BCUT2D eigenvalue weighted by atomic mass is 10.1. The maximum absolute atomic E-state index is 12.9. The van der Waals surface area contributed by atoms with E-state index in [0.717, 1.165) is 23.5 Å². The highest BCUT2D eigenvalue weighted by molar-refractivity contribution is 7.15. The summed E-state index contributed by atoms with van der Waals surface area (Å²) in [5.41, 5.74) is 1.01. The van der Waals surface area contributed by atoms with Crippen molar-refractivity contribution in [3.8, 4) is 0 Å². The van der Waals surface area contributed by atoms with Gasteiger partial charge in [-0.1, -0.05) is 12.1 Å². The number of thiazole rings is 1. The van der Waals surface area contributed by atoms with Crippen LogP contribution < -0.4 is 5.32 Å². The molecule has 3 rings (SSSR count). The Morgan fingerprint density at radius 2 is 2.00 bits per heavy atom. The molecule has 1 aliphatic heterocycles. The number of rotatable bonds is 5. The highest BCUT2D eigenvalue weighted by Gasteiger charge is 2.23. The molecule has 1 aromatic heterocycles. The van der Waals surface area contributed by atoms with Gasteiger partial charge in [-0.15, -0.1) is 11.3 Å². The summed E-state index contributed by atoms with van der Waals surface area (Å²) in [4.78, 5) is 19.6. The monoisotopic (exact) mass is 363 g/mol. The number of morpholine rings is 1. The van der Waals surface area contributed by atoms with Crippen LogP contribution in [0.4, 0.5) is 9.52 Å². The number of amides is 1. The molecular weight excluding hydrogens is 341 g/mol. The number of carbonyl (C=O) groups is 1. The van der Waals surface area contributed by atoms with Crippen molar-refractivity contribution in [2.45, 2.75) is 32.5 Å². The fourth-order valence-electron chi connectivity index (χ4n) is 3.03. The Morgan fingerprint density at radius 3 is 2.68 bits per heavy atom. The number of benzene rings is 1. The van der Waals surface area contributed by atoms with Gasteiger partial charge in [0.05, 0.1) is 18.8 Å². The summed E-state index contributed by atoms with van der Waals surface area (Å²) in [7, 11) is 0. The number of nitrogens with one attached hydrogen (secondary N) is 1. The number of hydrogen-bond acceptors (Lipinski definition) is 5. The minimum absolute atomic E-state index is 0.0658. The Bertz CT molecular complexity index is 709. The van der Waals surface area contributed by atoms with E-state index in [1.165, 1.54) is 23.5 Å². The first-order valence-electron chi connectivity index (χ1n) is 8.35. The molecule has 25 heavy (non-hydrogen) atoms. The molecule has 134 valence electrons. The molecule has 1 amide bonds. The number of halogens is 1.